The fourth-order valence-corrected chi connectivity index (χ4v) is 6.35. The number of carbonyl (C=O) groups excluding carboxylic acids is 1. The fraction of sp³-hybridized carbons (Fsp3) is 0.791. The highest BCUT2D eigenvalue weighted by Crippen LogP contribution is 2.43. The third-order valence-electron chi connectivity index (χ3n) is 9.02. The third kappa shape index (κ3) is 36.8. The molecule has 0 saturated heterocycles. The maximum atomic E-state index is 12.8. The van der Waals surface area contributed by atoms with Gasteiger partial charge in [-0.15, -0.1) is 0 Å². The molecule has 0 bridgehead atoms. The smallest absolute Gasteiger partial charge is 0.387 e. The van der Waals surface area contributed by atoms with Crippen LogP contribution in [0.2, 0.25) is 0 Å². The van der Waals surface area contributed by atoms with E-state index in [1.54, 1.807) is 6.08 Å². The van der Waals surface area contributed by atoms with Crippen molar-refractivity contribution in [3.63, 3.8) is 0 Å². The van der Waals surface area contributed by atoms with Crippen molar-refractivity contribution in [3.05, 3.63) is 48.6 Å². The second kappa shape index (κ2) is 35.2. The van der Waals surface area contributed by atoms with Crippen LogP contribution in [-0.4, -0.2) is 73.4 Å². The Morgan fingerprint density at radius 2 is 1.12 bits per heavy atom. The van der Waals surface area contributed by atoms with E-state index < -0.39 is 20.0 Å². The molecule has 0 aromatic heterocycles. The van der Waals surface area contributed by atoms with Gasteiger partial charge in [-0.1, -0.05) is 146 Å². The number of nitrogens with zero attached hydrogens (tertiary/aromatic N) is 1. The minimum Gasteiger partial charge on any atom is -0.387 e. The number of amides is 1. The molecule has 0 rings (SSSR count). The predicted octanol–water partition coefficient (Wildman–Crippen LogP) is 11.3. The number of aliphatic hydroxyl groups excluding tert-OH is 1. The summed E-state index contributed by atoms with van der Waals surface area (Å²) in [4.78, 5) is 23.0. The largest absolute Gasteiger partial charge is 0.472 e. The van der Waals surface area contributed by atoms with Crippen molar-refractivity contribution < 1.29 is 32.9 Å². The molecule has 304 valence electrons. The van der Waals surface area contributed by atoms with Crippen molar-refractivity contribution in [1.29, 1.82) is 0 Å². The van der Waals surface area contributed by atoms with Crippen LogP contribution >= 0.6 is 7.82 Å². The van der Waals surface area contributed by atoms with Crippen LogP contribution < -0.4 is 5.32 Å². The molecule has 0 aliphatic rings. The topological polar surface area (TPSA) is 105 Å². The number of phosphoric ester groups is 1. The second-order valence-electron chi connectivity index (χ2n) is 15.4. The highest BCUT2D eigenvalue weighted by molar-refractivity contribution is 7.47. The van der Waals surface area contributed by atoms with Crippen molar-refractivity contribution in [2.75, 3.05) is 40.9 Å². The number of aliphatic hydroxyl groups is 1. The lowest BCUT2D eigenvalue weighted by Crippen LogP contribution is -2.45. The Morgan fingerprint density at radius 3 is 1.67 bits per heavy atom. The molecule has 3 unspecified atom stereocenters. The van der Waals surface area contributed by atoms with Crippen molar-refractivity contribution in [2.45, 2.75) is 180 Å². The molecule has 3 N–H and O–H groups in total. The molecule has 0 fully saturated rings. The monoisotopic (exact) mass is 754 g/mol. The summed E-state index contributed by atoms with van der Waals surface area (Å²) in [5, 5.41) is 13.7. The maximum Gasteiger partial charge on any atom is 0.472 e. The third-order valence-corrected chi connectivity index (χ3v) is 10.0. The average Bonchev–Trinajstić information content (AvgIpc) is 3.09. The normalized spacial score (nSPS) is 15.0. The molecule has 3 atom stereocenters. The average molecular weight is 754 g/mol. The lowest BCUT2D eigenvalue weighted by atomic mass is 10.1. The molecular weight excluding hydrogens is 671 g/mol. The summed E-state index contributed by atoms with van der Waals surface area (Å²) in [5.41, 5.74) is 0. The Kier molecular flexibility index (Phi) is 34.1. The first kappa shape index (κ1) is 50.5. The lowest BCUT2D eigenvalue weighted by molar-refractivity contribution is -0.870. The fourth-order valence-electron chi connectivity index (χ4n) is 5.61. The molecule has 9 heteroatoms. The Bertz CT molecular complexity index is 991. The van der Waals surface area contributed by atoms with Crippen molar-refractivity contribution >= 4 is 13.7 Å². The number of nitrogens with one attached hydrogen (secondary N) is 1. The molecule has 0 saturated carbocycles. The Morgan fingerprint density at radius 1 is 0.654 bits per heavy atom. The first-order valence-corrected chi connectivity index (χ1v) is 22.5. The van der Waals surface area contributed by atoms with Gasteiger partial charge in [-0.2, -0.15) is 0 Å². The molecule has 52 heavy (non-hydrogen) atoms. The molecule has 1 amide bonds. The molecule has 0 aromatic carbocycles. The first-order chi connectivity index (χ1) is 25.0. The molecule has 0 heterocycles. The van der Waals surface area contributed by atoms with E-state index in [1.807, 2.05) is 27.2 Å². The van der Waals surface area contributed by atoms with E-state index >= 15 is 0 Å². The van der Waals surface area contributed by atoms with Gasteiger partial charge in [-0.25, -0.2) is 4.57 Å². The van der Waals surface area contributed by atoms with E-state index in [0.717, 1.165) is 51.4 Å². The van der Waals surface area contributed by atoms with Gasteiger partial charge in [0, 0.05) is 6.42 Å². The number of rotatable bonds is 37. The molecule has 0 aliphatic carbocycles. The zero-order chi connectivity index (χ0) is 38.6. The summed E-state index contributed by atoms with van der Waals surface area (Å²) in [6.07, 6.45) is 43.2. The van der Waals surface area contributed by atoms with Crippen LogP contribution in [0.5, 0.6) is 0 Å². The molecule has 0 aromatic rings. The van der Waals surface area contributed by atoms with Gasteiger partial charge in [-0.3, -0.25) is 13.8 Å². The van der Waals surface area contributed by atoms with Crippen LogP contribution in [0, 0.1) is 0 Å². The summed E-state index contributed by atoms with van der Waals surface area (Å²) in [7, 11) is 1.54. The molecule has 0 spiro atoms. The van der Waals surface area contributed by atoms with Gasteiger partial charge in [0.2, 0.25) is 5.91 Å². The quantitative estimate of drug-likeness (QED) is 0.0252. The highest BCUT2D eigenvalue weighted by Gasteiger charge is 2.27. The van der Waals surface area contributed by atoms with Crippen molar-refractivity contribution in [1.82, 2.24) is 5.32 Å². The highest BCUT2D eigenvalue weighted by atomic mass is 31.2. The van der Waals surface area contributed by atoms with Gasteiger partial charge in [0.1, 0.15) is 13.2 Å². The van der Waals surface area contributed by atoms with Gasteiger partial charge >= 0.3 is 7.82 Å². The molecular formula is C43H82N2O6P+. The van der Waals surface area contributed by atoms with E-state index in [4.69, 9.17) is 9.05 Å². The van der Waals surface area contributed by atoms with Gasteiger partial charge in [0.15, 0.2) is 0 Å². The summed E-state index contributed by atoms with van der Waals surface area (Å²) >= 11 is 0. The SMILES string of the molecule is CCCCCC/C=C\C/C=C\CCCCCCCCCC(=O)NC(COP(=O)(O)OCC[N+](C)(C)C)C(O)/C=C/CC/C=C/CCCCCCCC. The number of quaternary nitrogens is 1. The number of hydrogen-bond acceptors (Lipinski definition) is 5. The number of likely N-dealkylation sites (N-methyl/N-ethyl adjacent to an activating group) is 1. The zero-order valence-electron chi connectivity index (χ0n) is 34.3. The van der Waals surface area contributed by atoms with Gasteiger partial charge in [-0.05, 0) is 64.2 Å². The van der Waals surface area contributed by atoms with Crippen molar-refractivity contribution in [3.8, 4) is 0 Å². The summed E-state index contributed by atoms with van der Waals surface area (Å²) in [5.74, 6) is -0.199. The van der Waals surface area contributed by atoms with Gasteiger partial charge < -0.3 is 19.8 Å². The Labute approximate surface area is 320 Å². The number of carbonyl (C=O) groups is 1. The minimum absolute atomic E-state index is 0.0529. The lowest BCUT2D eigenvalue weighted by Gasteiger charge is -2.25. The van der Waals surface area contributed by atoms with Gasteiger partial charge in [0.25, 0.3) is 0 Å². The van der Waals surface area contributed by atoms with Crippen LogP contribution in [-0.2, 0) is 18.4 Å². The van der Waals surface area contributed by atoms with E-state index in [0.29, 0.717) is 17.4 Å². The van der Waals surface area contributed by atoms with Crippen LogP contribution in [0.1, 0.15) is 168 Å². The number of allylic oxidation sites excluding steroid dienone is 7. The molecule has 0 aliphatic heterocycles. The van der Waals surface area contributed by atoms with Crippen LogP contribution in [0.15, 0.2) is 48.6 Å². The zero-order valence-corrected chi connectivity index (χ0v) is 35.2. The summed E-state index contributed by atoms with van der Waals surface area (Å²) in [6, 6.07) is -0.866. The van der Waals surface area contributed by atoms with Crippen LogP contribution in [0.4, 0.5) is 0 Å². The van der Waals surface area contributed by atoms with Crippen LogP contribution in [0.3, 0.4) is 0 Å². The molecule has 0 radical (unpaired) electrons. The van der Waals surface area contributed by atoms with Crippen molar-refractivity contribution in [2.24, 2.45) is 0 Å². The predicted molar refractivity (Wildman–Crippen MR) is 221 cm³/mol. The summed E-state index contributed by atoms with van der Waals surface area (Å²) < 4.78 is 23.5. The number of hydrogen-bond donors (Lipinski definition) is 3. The van der Waals surface area contributed by atoms with E-state index in [1.165, 1.54) is 96.3 Å². The maximum absolute atomic E-state index is 12.8. The Hall–Kier alpha value is -1.54. The summed E-state index contributed by atoms with van der Waals surface area (Å²) in [6.45, 7) is 4.73. The number of phosphoric acid groups is 1. The van der Waals surface area contributed by atoms with E-state index in [-0.39, 0.29) is 19.1 Å². The standard InChI is InChI=1S/C43H81N2O6P/c1-6-8-10-12-14-16-18-20-21-22-23-24-25-27-29-31-33-35-37-43(47)44-41(40-51-52(48,49)50-39-38-45(3,4)5)42(46)36-34-32-30-28-26-19-17-15-13-11-9-7-2/h16,18,21-22,26,28,34,36,41-42,46H,6-15,17,19-20,23-25,27,29-33,35,37-40H2,1-5H3,(H-,44,47,48,49)/p+1/b18-16-,22-21-,28-26+,36-34+. The van der Waals surface area contributed by atoms with E-state index in [9.17, 15) is 19.4 Å². The first-order valence-electron chi connectivity index (χ1n) is 21.0. The number of unbranched alkanes of at least 4 members (excludes halogenated alkanes) is 18. The van der Waals surface area contributed by atoms with Gasteiger partial charge in [0.05, 0.1) is 39.9 Å². The molecule has 8 nitrogen and oxygen atoms in total. The van der Waals surface area contributed by atoms with E-state index in [2.05, 4.69) is 55.6 Å². The second-order valence-corrected chi connectivity index (χ2v) is 16.8. The minimum atomic E-state index is -4.34. The Balaban J connectivity index is 4.49. The van der Waals surface area contributed by atoms with Crippen LogP contribution in [0.25, 0.3) is 0 Å².